The van der Waals surface area contributed by atoms with Crippen LogP contribution in [0.4, 0.5) is 5.69 Å². The Labute approximate surface area is 227 Å². The van der Waals surface area contributed by atoms with Gasteiger partial charge in [-0.2, -0.15) is 0 Å². The molecule has 2 fully saturated rings. The zero-order chi connectivity index (χ0) is 26.4. The summed E-state index contributed by atoms with van der Waals surface area (Å²) in [5.74, 6) is 1.25. The molecule has 0 spiro atoms. The molecule has 2 aromatic heterocycles. The number of hydrogen-bond donors (Lipinski definition) is 0. The molecular weight excluding hydrogens is 500 g/mol. The molecule has 0 atom stereocenters. The quantitative estimate of drug-likeness (QED) is 0.279. The molecule has 0 radical (unpaired) electrons. The van der Waals surface area contributed by atoms with E-state index in [1.165, 1.54) is 31.2 Å². The van der Waals surface area contributed by atoms with Crippen molar-refractivity contribution >= 4 is 34.2 Å². The summed E-state index contributed by atoms with van der Waals surface area (Å²) in [4.78, 5) is 17.1. The summed E-state index contributed by atoms with van der Waals surface area (Å²) in [6.07, 6.45) is 5.10. The number of carbonyl (C=O) groups is 1. The summed E-state index contributed by atoms with van der Waals surface area (Å²) in [5.41, 5.74) is 7.08. The van der Waals surface area contributed by atoms with E-state index in [1.807, 2.05) is 36.0 Å². The summed E-state index contributed by atoms with van der Waals surface area (Å²) in [6.45, 7) is 6.93. The molecule has 0 N–H and O–H groups in total. The molecule has 8 heteroatoms. The third-order valence-corrected chi connectivity index (χ3v) is 8.34. The van der Waals surface area contributed by atoms with Gasteiger partial charge in [0.25, 0.3) is 0 Å². The number of halogens is 1. The number of fused-ring (bicyclic) bond motifs is 1. The molecule has 0 unspecified atom stereocenters. The van der Waals surface area contributed by atoms with Crippen molar-refractivity contribution in [3.8, 4) is 11.3 Å². The van der Waals surface area contributed by atoms with Crippen LogP contribution in [0.5, 0.6) is 0 Å². The monoisotopic (exact) mass is 532 g/mol. The lowest BCUT2D eigenvalue weighted by Crippen LogP contribution is -2.47. The van der Waals surface area contributed by atoms with E-state index >= 15 is 0 Å². The normalized spacial score (nSPS) is 16.4. The summed E-state index contributed by atoms with van der Waals surface area (Å²) in [6, 6.07) is 12.3. The Morgan fingerprint density at radius 2 is 1.95 bits per heavy atom. The molecule has 1 aliphatic carbocycles. The minimum Gasteiger partial charge on any atom is -0.465 e. The molecule has 6 rings (SSSR count). The van der Waals surface area contributed by atoms with Crippen LogP contribution in [0.15, 0.2) is 47.1 Å². The van der Waals surface area contributed by atoms with Gasteiger partial charge in [0.1, 0.15) is 11.5 Å². The lowest BCUT2D eigenvalue weighted by Gasteiger charge is -2.36. The highest BCUT2D eigenvalue weighted by Crippen LogP contribution is 2.45. The first kappa shape index (κ1) is 25.0. The van der Waals surface area contributed by atoms with Crippen molar-refractivity contribution in [2.24, 2.45) is 7.05 Å². The molecule has 3 heterocycles. The number of benzene rings is 2. The number of carbonyl (C=O) groups excluding carboxylic acids is 1. The summed E-state index contributed by atoms with van der Waals surface area (Å²) in [5, 5.41) is 6.17. The molecule has 38 heavy (non-hydrogen) atoms. The molecular formula is C30H33ClN4O3. The number of piperazine rings is 1. The first-order valence-corrected chi connectivity index (χ1v) is 13.7. The van der Waals surface area contributed by atoms with Crippen molar-refractivity contribution in [3.05, 3.63) is 70.1 Å². The third-order valence-electron chi connectivity index (χ3n) is 8.02. The Kier molecular flexibility index (Phi) is 6.66. The van der Waals surface area contributed by atoms with E-state index in [-0.39, 0.29) is 5.97 Å². The van der Waals surface area contributed by atoms with Crippen molar-refractivity contribution in [2.45, 2.75) is 32.1 Å². The smallest absolute Gasteiger partial charge is 0.340 e. The first-order chi connectivity index (χ1) is 18.4. The predicted octanol–water partition coefficient (Wildman–Crippen LogP) is 5.82. The van der Waals surface area contributed by atoms with Gasteiger partial charge in [-0.15, -0.1) is 0 Å². The average Bonchev–Trinajstić information content (AvgIpc) is 3.61. The molecule has 7 nitrogen and oxygen atoms in total. The van der Waals surface area contributed by atoms with Crippen LogP contribution in [0.25, 0.3) is 22.2 Å². The number of rotatable bonds is 7. The van der Waals surface area contributed by atoms with Gasteiger partial charge in [-0.3, -0.25) is 4.90 Å². The minimum atomic E-state index is -0.303. The van der Waals surface area contributed by atoms with Crippen LogP contribution < -0.4 is 4.90 Å². The highest BCUT2D eigenvalue weighted by molar-refractivity contribution is 6.33. The van der Waals surface area contributed by atoms with E-state index in [2.05, 4.69) is 40.1 Å². The SMILES string of the molecule is COC(=O)c1cn(C)c2cc(N3CCN(CCc4c(-c5c(C)cccc5Cl)noc4C4CC4)CC3)ccc12. The summed E-state index contributed by atoms with van der Waals surface area (Å²) < 4.78 is 12.8. The van der Waals surface area contributed by atoms with Crippen LogP contribution in [-0.2, 0) is 18.2 Å². The Morgan fingerprint density at radius 1 is 1.16 bits per heavy atom. The molecule has 4 aromatic rings. The van der Waals surface area contributed by atoms with Gasteiger partial charge in [0.2, 0.25) is 0 Å². The molecule has 1 aliphatic heterocycles. The van der Waals surface area contributed by atoms with E-state index in [1.54, 1.807) is 0 Å². The minimum absolute atomic E-state index is 0.303. The van der Waals surface area contributed by atoms with E-state index in [9.17, 15) is 4.79 Å². The van der Waals surface area contributed by atoms with Gasteiger partial charge in [-0.25, -0.2) is 4.79 Å². The summed E-state index contributed by atoms with van der Waals surface area (Å²) in [7, 11) is 3.39. The van der Waals surface area contributed by atoms with Crippen LogP contribution in [-0.4, -0.2) is 60.4 Å². The van der Waals surface area contributed by atoms with Crippen molar-refractivity contribution in [1.82, 2.24) is 14.6 Å². The van der Waals surface area contributed by atoms with Gasteiger partial charge in [-0.05, 0) is 56.0 Å². The topological polar surface area (TPSA) is 63.7 Å². The van der Waals surface area contributed by atoms with E-state index in [4.69, 9.17) is 20.9 Å². The second kappa shape index (κ2) is 10.1. The molecule has 2 aromatic carbocycles. The lowest BCUT2D eigenvalue weighted by molar-refractivity contribution is 0.0602. The van der Waals surface area contributed by atoms with Crippen molar-refractivity contribution < 1.29 is 14.1 Å². The van der Waals surface area contributed by atoms with Crippen LogP contribution >= 0.6 is 11.6 Å². The number of esters is 1. The molecule has 2 aliphatic rings. The average molecular weight is 533 g/mol. The predicted molar refractivity (Wildman–Crippen MR) is 150 cm³/mol. The zero-order valence-electron chi connectivity index (χ0n) is 22.2. The van der Waals surface area contributed by atoms with Gasteiger partial charge >= 0.3 is 5.97 Å². The van der Waals surface area contributed by atoms with E-state index < -0.39 is 0 Å². The number of methoxy groups -OCH3 is 1. The van der Waals surface area contributed by atoms with Crippen molar-refractivity contribution in [1.29, 1.82) is 0 Å². The molecule has 198 valence electrons. The van der Waals surface area contributed by atoms with Crippen LogP contribution in [0.2, 0.25) is 5.02 Å². The highest BCUT2D eigenvalue weighted by atomic mass is 35.5. The molecule has 0 bridgehead atoms. The maximum Gasteiger partial charge on any atom is 0.340 e. The Bertz CT molecular complexity index is 1470. The Hall–Kier alpha value is -3.29. The summed E-state index contributed by atoms with van der Waals surface area (Å²) >= 11 is 6.61. The number of nitrogens with zero attached hydrogens (tertiary/aromatic N) is 4. The van der Waals surface area contributed by atoms with Gasteiger partial charge in [-0.1, -0.05) is 28.9 Å². The van der Waals surface area contributed by atoms with Crippen LogP contribution in [0.3, 0.4) is 0 Å². The van der Waals surface area contributed by atoms with E-state index in [0.29, 0.717) is 11.5 Å². The number of hydrogen-bond acceptors (Lipinski definition) is 6. The second-order valence-corrected chi connectivity index (χ2v) is 10.9. The largest absolute Gasteiger partial charge is 0.465 e. The van der Waals surface area contributed by atoms with Crippen LogP contribution in [0, 0.1) is 6.92 Å². The van der Waals surface area contributed by atoms with Crippen molar-refractivity contribution in [3.63, 3.8) is 0 Å². The van der Waals surface area contributed by atoms with Gasteiger partial charge in [0.15, 0.2) is 0 Å². The van der Waals surface area contributed by atoms with Gasteiger partial charge < -0.3 is 18.7 Å². The maximum atomic E-state index is 12.1. The number of aryl methyl sites for hydroxylation is 2. The first-order valence-electron chi connectivity index (χ1n) is 13.3. The Balaban J connectivity index is 1.15. The highest BCUT2D eigenvalue weighted by Gasteiger charge is 2.33. The fourth-order valence-electron chi connectivity index (χ4n) is 5.70. The lowest BCUT2D eigenvalue weighted by atomic mass is 9.98. The third kappa shape index (κ3) is 4.58. The second-order valence-electron chi connectivity index (χ2n) is 10.5. The number of aromatic nitrogens is 2. The van der Waals surface area contributed by atoms with Crippen molar-refractivity contribution in [2.75, 3.05) is 44.7 Å². The number of ether oxygens (including phenoxy) is 1. The molecule has 1 saturated heterocycles. The zero-order valence-corrected chi connectivity index (χ0v) is 22.9. The fourth-order valence-corrected chi connectivity index (χ4v) is 6.01. The van der Waals surface area contributed by atoms with E-state index in [0.717, 1.165) is 77.7 Å². The Morgan fingerprint density at radius 3 is 2.66 bits per heavy atom. The number of anilines is 1. The van der Waals surface area contributed by atoms with Crippen LogP contribution in [0.1, 0.15) is 46.0 Å². The molecule has 1 saturated carbocycles. The molecule has 0 amide bonds. The van der Waals surface area contributed by atoms with Gasteiger partial charge in [0, 0.05) is 74.1 Å². The fraction of sp³-hybridized carbons (Fsp3) is 0.400. The van der Waals surface area contributed by atoms with Gasteiger partial charge in [0.05, 0.1) is 23.2 Å². The maximum absolute atomic E-state index is 12.1. The standard InChI is InChI=1S/C30H33ClN4O3/c1-19-5-4-6-25(31)27(19)28-23(29(38-32-28)20-7-8-20)11-12-34-13-15-35(16-14-34)21-9-10-22-24(30(36)37-3)18-33(2)26(22)17-21/h4-6,9-10,17-18,20H,7-8,11-16H2,1-3H3.